The van der Waals surface area contributed by atoms with Crippen molar-refractivity contribution in [3.05, 3.63) is 35.9 Å². The molecule has 0 N–H and O–H groups in total. The van der Waals surface area contributed by atoms with Gasteiger partial charge in [0.2, 0.25) is 6.23 Å². The van der Waals surface area contributed by atoms with Crippen LogP contribution in [0.3, 0.4) is 0 Å². The fraction of sp³-hybridized carbons (Fsp3) is 0.632. The van der Waals surface area contributed by atoms with E-state index in [4.69, 9.17) is 4.74 Å². The van der Waals surface area contributed by atoms with Crippen LogP contribution in [-0.4, -0.2) is 36.8 Å². The molecule has 0 aromatic heterocycles. The van der Waals surface area contributed by atoms with Crippen molar-refractivity contribution in [1.29, 1.82) is 0 Å². The van der Waals surface area contributed by atoms with Crippen molar-refractivity contribution in [2.24, 2.45) is 5.92 Å². The van der Waals surface area contributed by atoms with Crippen molar-refractivity contribution in [1.82, 2.24) is 0 Å². The van der Waals surface area contributed by atoms with Crippen molar-refractivity contribution < 1.29 is 14.0 Å². The van der Waals surface area contributed by atoms with Crippen molar-refractivity contribution in [2.75, 3.05) is 20.1 Å². The first kappa shape index (κ1) is 18.7. The van der Waals surface area contributed by atoms with Crippen molar-refractivity contribution in [3.8, 4) is 0 Å². The highest BCUT2D eigenvalue weighted by molar-refractivity contribution is 5.78. The summed E-state index contributed by atoms with van der Waals surface area (Å²) in [5, 5.41) is 0. The normalized spacial score (nSPS) is 15.9. The third-order valence-corrected chi connectivity index (χ3v) is 5.23. The highest BCUT2D eigenvalue weighted by Crippen LogP contribution is 2.29. The van der Waals surface area contributed by atoms with E-state index in [2.05, 4.69) is 34.7 Å². The van der Waals surface area contributed by atoms with Gasteiger partial charge < -0.3 is 4.74 Å². The van der Waals surface area contributed by atoms with Crippen LogP contribution in [0.15, 0.2) is 30.3 Å². The highest BCUT2D eigenvalue weighted by Gasteiger charge is 2.33. The quantitative estimate of drug-likeness (QED) is 0.409. The summed E-state index contributed by atoms with van der Waals surface area (Å²) in [6, 6.07) is 10.00. The third kappa shape index (κ3) is 4.33. The molecule has 0 aliphatic heterocycles. The van der Waals surface area contributed by atoms with Crippen LogP contribution in [-0.2, 0) is 9.53 Å². The fourth-order valence-electron chi connectivity index (χ4n) is 2.70. The van der Waals surface area contributed by atoms with Gasteiger partial charge in [0.25, 0.3) is 0 Å². The average molecular weight is 306 g/mol. The van der Waals surface area contributed by atoms with Gasteiger partial charge in [-0.25, -0.2) is 0 Å². The smallest absolute Gasteiger partial charge is 0.318 e. The maximum atomic E-state index is 12.8. The summed E-state index contributed by atoms with van der Waals surface area (Å²) in [6.45, 7) is 12.4. The van der Waals surface area contributed by atoms with Crippen LogP contribution in [0.4, 0.5) is 0 Å². The summed E-state index contributed by atoms with van der Waals surface area (Å²) in [5.74, 6) is -0.0146. The number of carbonyl (C=O) groups is 1. The molecule has 0 amide bonds. The maximum Gasteiger partial charge on any atom is 0.318 e. The summed E-state index contributed by atoms with van der Waals surface area (Å²) < 4.78 is 6.61. The lowest BCUT2D eigenvalue weighted by Gasteiger charge is -2.38. The van der Waals surface area contributed by atoms with Crippen LogP contribution < -0.4 is 0 Å². The Morgan fingerprint density at radius 1 is 1.09 bits per heavy atom. The molecule has 0 heterocycles. The van der Waals surface area contributed by atoms with E-state index in [1.807, 2.05) is 37.3 Å². The van der Waals surface area contributed by atoms with Crippen molar-refractivity contribution >= 4 is 5.97 Å². The summed E-state index contributed by atoms with van der Waals surface area (Å²) in [7, 11) is 2.14. The average Bonchev–Trinajstić information content (AvgIpc) is 2.54. The van der Waals surface area contributed by atoms with Crippen LogP contribution in [0.5, 0.6) is 0 Å². The van der Waals surface area contributed by atoms with Crippen LogP contribution in [0.1, 0.15) is 52.5 Å². The molecule has 1 rings (SSSR count). The number of quaternary nitrogens is 1. The van der Waals surface area contributed by atoms with E-state index in [1.54, 1.807) is 0 Å². The van der Waals surface area contributed by atoms with Gasteiger partial charge in [0, 0.05) is 6.92 Å². The Morgan fingerprint density at radius 2 is 1.64 bits per heavy atom. The number of benzene rings is 1. The minimum Gasteiger partial charge on any atom is -0.412 e. The third-order valence-electron chi connectivity index (χ3n) is 5.23. The van der Waals surface area contributed by atoms with E-state index >= 15 is 0 Å². The Balaban J connectivity index is 2.95. The molecule has 0 fully saturated rings. The zero-order valence-electron chi connectivity index (χ0n) is 15.0. The molecule has 0 radical (unpaired) electrons. The van der Waals surface area contributed by atoms with E-state index in [0.717, 1.165) is 29.6 Å². The lowest BCUT2D eigenvalue weighted by Crippen LogP contribution is -2.52. The molecule has 0 saturated carbocycles. The second-order valence-electron chi connectivity index (χ2n) is 6.42. The molecule has 0 aliphatic rings. The van der Waals surface area contributed by atoms with Gasteiger partial charge in [-0.3, -0.25) is 9.28 Å². The summed E-state index contributed by atoms with van der Waals surface area (Å²) >= 11 is 0. The van der Waals surface area contributed by atoms with Crippen molar-refractivity contribution in [3.63, 3.8) is 0 Å². The lowest BCUT2D eigenvalue weighted by molar-refractivity contribution is -0.947. The first-order valence-corrected chi connectivity index (χ1v) is 8.49. The Kier molecular flexibility index (Phi) is 7.08. The molecule has 0 spiro atoms. The molecule has 0 saturated heterocycles. The van der Waals surface area contributed by atoms with Gasteiger partial charge in [-0.1, -0.05) is 50.6 Å². The monoisotopic (exact) mass is 306 g/mol. The van der Waals surface area contributed by atoms with E-state index < -0.39 is 0 Å². The van der Waals surface area contributed by atoms with Gasteiger partial charge >= 0.3 is 5.97 Å². The van der Waals surface area contributed by atoms with Gasteiger partial charge in [0.05, 0.1) is 26.1 Å². The molecule has 1 aromatic carbocycles. The molecular formula is C19H32NO2+. The fourth-order valence-corrected chi connectivity index (χ4v) is 2.70. The molecule has 3 nitrogen and oxygen atoms in total. The largest absolute Gasteiger partial charge is 0.412 e. The topological polar surface area (TPSA) is 26.3 Å². The second kappa shape index (κ2) is 8.33. The molecular weight excluding hydrogens is 274 g/mol. The molecule has 3 unspecified atom stereocenters. The van der Waals surface area contributed by atoms with E-state index in [0.29, 0.717) is 0 Å². The van der Waals surface area contributed by atoms with Gasteiger partial charge in [-0.2, -0.15) is 0 Å². The molecule has 3 heteroatoms. The predicted molar refractivity (Wildman–Crippen MR) is 91.5 cm³/mol. The van der Waals surface area contributed by atoms with Crippen LogP contribution in [0.2, 0.25) is 0 Å². The van der Waals surface area contributed by atoms with Crippen LogP contribution in [0.25, 0.3) is 0 Å². The number of carbonyl (C=O) groups excluding carboxylic acids is 1. The zero-order valence-corrected chi connectivity index (χ0v) is 15.0. The summed E-state index contributed by atoms with van der Waals surface area (Å²) in [6.07, 6.45) is 0.828. The molecule has 0 bridgehead atoms. The molecule has 124 valence electrons. The number of hydrogen-bond donors (Lipinski definition) is 0. The number of hydrogen-bond acceptors (Lipinski definition) is 2. The highest BCUT2D eigenvalue weighted by atomic mass is 16.6. The van der Waals surface area contributed by atoms with Gasteiger partial charge in [0.15, 0.2) is 0 Å². The number of ether oxygens (including phenoxy) is 1. The van der Waals surface area contributed by atoms with E-state index in [9.17, 15) is 4.79 Å². The molecule has 0 aliphatic carbocycles. The Hall–Kier alpha value is -1.35. The zero-order chi connectivity index (χ0) is 16.8. The number of esters is 1. The van der Waals surface area contributed by atoms with E-state index in [-0.39, 0.29) is 24.0 Å². The van der Waals surface area contributed by atoms with Crippen molar-refractivity contribution in [2.45, 2.75) is 53.2 Å². The van der Waals surface area contributed by atoms with Crippen LogP contribution >= 0.6 is 0 Å². The van der Waals surface area contributed by atoms with Crippen LogP contribution in [0, 0.1) is 5.92 Å². The standard InChI is InChI=1S/C19H32NO2/c1-7-15(4)18(17-13-11-10-12-14-17)19(21)22-16(5)20(6,8-2)9-3/h10-16,18H,7-9H2,1-6H3/q+1. The minimum atomic E-state index is -0.184. The Bertz CT molecular complexity index is 454. The van der Waals surface area contributed by atoms with Gasteiger partial charge in [0.1, 0.15) is 0 Å². The SMILES string of the molecule is CCC(C)C(C(=O)OC(C)[N+](C)(CC)CC)c1ccccc1. The lowest BCUT2D eigenvalue weighted by atomic mass is 9.85. The summed E-state index contributed by atoms with van der Waals surface area (Å²) in [4.78, 5) is 12.8. The first-order chi connectivity index (χ1) is 10.4. The predicted octanol–water partition coefficient (Wildman–Crippen LogP) is 4.19. The van der Waals surface area contributed by atoms with E-state index in [1.165, 1.54) is 0 Å². The molecule has 3 atom stereocenters. The number of nitrogens with zero attached hydrogens (tertiary/aromatic N) is 1. The molecule has 1 aromatic rings. The second-order valence-corrected chi connectivity index (χ2v) is 6.42. The van der Waals surface area contributed by atoms with Gasteiger partial charge in [-0.15, -0.1) is 0 Å². The first-order valence-electron chi connectivity index (χ1n) is 8.49. The summed E-state index contributed by atoms with van der Waals surface area (Å²) in [5.41, 5.74) is 1.05. The van der Waals surface area contributed by atoms with Gasteiger partial charge in [-0.05, 0) is 25.3 Å². The Morgan fingerprint density at radius 3 is 2.09 bits per heavy atom. The number of rotatable bonds is 8. The Labute approximate surface area is 135 Å². The minimum absolute atomic E-state index is 0.0979. The molecule has 22 heavy (non-hydrogen) atoms. The maximum absolute atomic E-state index is 12.8.